The van der Waals surface area contributed by atoms with Crippen LogP contribution >= 0.6 is 0 Å². The van der Waals surface area contributed by atoms with E-state index in [0.717, 1.165) is 6.07 Å². The van der Waals surface area contributed by atoms with Gasteiger partial charge in [0.2, 0.25) is 0 Å². The summed E-state index contributed by atoms with van der Waals surface area (Å²) in [6.07, 6.45) is 1.40. The van der Waals surface area contributed by atoms with Crippen molar-refractivity contribution in [1.29, 1.82) is 0 Å². The first-order valence-corrected chi connectivity index (χ1v) is 5.65. The van der Waals surface area contributed by atoms with Gasteiger partial charge >= 0.3 is 0 Å². The number of hydrogen-bond donors (Lipinski definition) is 0. The summed E-state index contributed by atoms with van der Waals surface area (Å²) < 4.78 is 41.4. The summed E-state index contributed by atoms with van der Waals surface area (Å²) in [5.74, 6) is -1.73. The van der Waals surface area contributed by atoms with Crippen molar-refractivity contribution in [3.05, 3.63) is 66.1 Å². The number of rotatable bonds is 1. The van der Waals surface area contributed by atoms with E-state index in [1.165, 1.54) is 42.6 Å². The molecule has 3 aromatic rings. The van der Waals surface area contributed by atoms with Crippen molar-refractivity contribution < 1.29 is 13.2 Å². The molecule has 0 unspecified atom stereocenters. The van der Waals surface area contributed by atoms with E-state index >= 15 is 0 Å². The highest BCUT2D eigenvalue weighted by Gasteiger charge is 2.14. The van der Waals surface area contributed by atoms with Crippen molar-refractivity contribution in [3.8, 4) is 11.1 Å². The SMILES string of the molecule is Fc1cccc(-c2cc(F)c3ncccc3c2F)c1. The van der Waals surface area contributed by atoms with Crippen molar-refractivity contribution in [1.82, 2.24) is 4.98 Å². The van der Waals surface area contributed by atoms with Crippen LogP contribution in [0, 0.1) is 17.5 Å². The Bertz CT molecular complexity index is 768. The van der Waals surface area contributed by atoms with Crippen molar-refractivity contribution in [2.75, 3.05) is 0 Å². The number of halogens is 3. The van der Waals surface area contributed by atoms with E-state index < -0.39 is 17.5 Å². The standard InChI is InChI=1S/C15H8F3N/c16-10-4-1-3-9(7-10)12-8-13(17)15-11(14(12)18)5-2-6-19-15/h1-8H. The molecule has 3 rings (SSSR count). The van der Waals surface area contributed by atoms with Gasteiger partial charge in [0, 0.05) is 17.1 Å². The first kappa shape index (κ1) is 11.7. The van der Waals surface area contributed by atoms with Crippen LogP contribution < -0.4 is 0 Å². The molecule has 94 valence electrons. The number of benzene rings is 2. The molecule has 0 aliphatic carbocycles. The first-order chi connectivity index (χ1) is 9.16. The summed E-state index contributed by atoms with van der Waals surface area (Å²) in [6, 6.07) is 9.42. The smallest absolute Gasteiger partial charge is 0.150 e. The molecular weight excluding hydrogens is 251 g/mol. The van der Waals surface area contributed by atoms with Gasteiger partial charge in [0.15, 0.2) is 0 Å². The van der Waals surface area contributed by atoms with Crippen LogP contribution in [0.5, 0.6) is 0 Å². The molecule has 2 aromatic carbocycles. The molecule has 0 saturated carbocycles. The van der Waals surface area contributed by atoms with E-state index in [-0.39, 0.29) is 16.5 Å². The Hall–Kier alpha value is -2.36. The van der Waals surface area contributed by atoms with Gasteiger partial charge < -0.3 is 0 Å². The van der Waals surface area contributed by atoms with Gasteiger partial charge in [-0.25, -0.2) is 13.2 Å². The van der Waals surface area contributed by atoms with Crippen molar-refractivity contribution >= 4 is 10.9 Å². The van der Waals surface area contributed by atoms with Crippen LogP contribution in [-0.2, 0) is 0 Å². The van der Waals surface area contributed by atoms with Crippen LogP contribution in [-0.4, -0.2) is 4.98 Å². The Morgan fingerprint density at radius 1 is 0.895 bits per heavy atom. The molecule has 0 bridgehead atoms. The van der Waals surface area contributed by atoms with E-state index in [0.29, 0.717) is 5.56 Å². The minimum atomic E-state index is -0.628. The molecule has 0 atom stereocenters. The summed E-state index contributed by atoms with van der Waals surface area (Å²) in [6.45, 7) is 0. The van der Waals surface area contributed by atoms with Crippen molar-refractivity contribution in [3.63, 3.8) is 0 Å². The van der Waals surface area contributed by atoms with Crippen LogP contribution in [0.2, 0.25) is 0 Å². The average molecular weight is 259 g/mol. The Morgan fingerprint density at radius 3 is 2.53 bits per heavy atom. The summed E-state index contributed by atoms with van der Waals surface area (Å²) in [7, 11) is 0. The van der Waals surface area contributed by atoms with Crippen LogP contribution in [0.3, 0.4) is 0 Å². The number of nitrogens with zero attached hydrogens (tertiary/aromatic N) is 1. The fourth-order valence-electron chi connectivity index (χ4n) is 2.04. The molecule has 1 aromatic heterocycles. The molecule has 4 heteroatoms. The van der Waals surface area contributed by atoms with E-state index in [9.17, 15) is 13.2 Å². The average Bonchev–Trinajstić information content (AvgIpc) is 2.43. The van der Waals surface area contributed by atoms with Gasteiger partial charge in [0.1, 0.15) is 23.0 Å². The van der Waals surface area contributed by atoms with E-state index in [1.54, 1.807) is 0 Å². The highest BCUT2D eigenvalue weighted by molar-refractivity contribution is 5.85. The Morgan fingerprint density at radius 2 is 1.74 bits per heavy atom. The number of fused-ring (bicyclic) bond motifs is 1. The van der Waals surface area contributed by atoms with Gasteiger partial charge in [-0.15, -0.1) is 0 Å². The summed E-state index contributed by atoms with van der Waals surface area (Å²) in [5.41, 5.74) is 0.291. The number of hydrogen-bond acceptors (Lipinski definition) is 1. The van der Waals surface area contributed by atoms with Gasteiger partial charge in [-0.2, -0.15) is 0 Å². The molecule has 0 saturated heterocycles. The monoisotopic (exact) mass is 259 g/mol. The topological polar surface area (TPSA) is 12.9 Å². The highest BCUT2D eigenvalue weighted by Crippen LogP contribution is 2.30. The summed E-state index contributed by atoms with van der Waals surface area (Å²) in [4.78, 5) is 3.80. The fourth-order valence-corrected chi connectivity index (χ4v) is 2.04. The van der Waals surface area contributed by atoms with Gasteiger partial charge in [-0.1, -0.05) is 12.1 Å². The second-order valence-electron chi connectivity index (χ2n) is 4.13. The maximum atomic E-state index is 14.3. The maximum Gasteiger partial charge on any atom is 0.150 e. The van der Waals surface area contributed by atoms with Crippen molar-refractivity contribution in [2.24, 2.45) is 0 Å². The Labute approximate surface area is 107 Å². The summed E-state index contributed by atoms with van der Waals surface area (Å²) >= 11 is 0. The molecule has 0 radical (unpaired) electrons. The minimum Gasteiger partial charge on any atom is -0.253 e. The molecule has 0 aliphatic rings. The minimum absolute atomic E-state index is 0.0255. The summed E-state index contributed by atoms with van der Waals surface area (Å²) in [5, 5.41) is 0.0850. The number of pyridine rings is 1. The predicted molar refractivity (Wildman–Crippen MR) is 67.1 cm³/mol. The zero-order valence-corrected chi connectivity index (χ0v) is 9.70. The molecule has 0 aliphatic heterocycles. The van der Waals surface area contributed by atoms with Crippen LogP contribution in [0.4, 0.5) is 13.2 Å². The van der Waals surface area contributed by atoms with Crippen LogP contribution in [0.1, 0.15) is 0 Å². The Balaban J connectivity index is 2.34. The molecule has 19 heavy (non-hydrogen) atoms. The lowest BCUT2D eigenvalue weighted by Crippen LogP contribution is -1.93. The van der Waals surface area contributed by atoms with Gasteiger partial charge in [-0.3, -0.25) is 4.98 Å². The number of aromatic nitrogens is 1. The second-order valence-corrected chi connectivity index (χ2v) is 4.13. The van der Waals surface area contributed by atoms with E-state index in [2.05, 4.69) is 4.98 Å². The van der Waals surface area contributed by atoms with Gasteiger partial charge in [0.25, 0.3) is 0 Å². The third-order valence-electron chi connectivity index (χ3n) is 2.91. The molecular formula is C15H8F3N. The Kier molecular flexibility index (Phi) is 2.71. The van der Waals surface area contributed by atoms with Gasteiger partial charge in [-0.05, 0) is 35.9 Å². The third-order valence-corrected chi connectivity index (χ3v) is 2.91. The highest BCUT2D eigenvalue weighted by atomic mass is 19.1. The molecule has 1 heterocycles. The normalized spacial score (nSPS) is 10.9. The van der Waals surface area contributed by atoms with E-state index in [4.69, 9.17) is 0 Å². The fraction of sp³-hybridized carbons (Fsp3) is 0. The molecule has 0 amide bonds. The zero-order valence-electron chi connectivity index (χ0n) is 9.70. The largest absolute Gasteiger partial charge is 0.253 e. The molecule has 0 N–H and O–H groups in total. The lowest BCUT2D eigenvalue weighted by molar-refractivity contribution is 0.616. The molecule has 0 fully saturated rings. The lowest BCUT2D eigenvalue weighted by Gasteiger charge is -2.07. The van der Waals surface area contributed by atoms with Gasteiger partial charge in [0.05, 0.1) is 0 Å². The predicted octanol–water partition coefficient (Wildman–Crippen LogP) is 4.32. The second kappa shape index (κ2) is 4.39. The lowest BCUT2D eigenvalue weighted by atomic mass is 10.0. The third kappa shape index (κ3) is 1.95. The molecule has 1 nitrogen and oxygen atoms in total. The molecule has 0 spiro atoms. The van der Waals surface area contributed by atoms with Crippen LogP contribution in [0.15, 0.2) is 48.7 Å². The van der Waals surface area contributed by atoms with E-state index in [1.807, 2.05) is 0 Å². The first-order valence-electron chi connectivity index (χ1n) is 5.65. The van der Waals surface area contributed by atoms with Crippen molar-refractivity contribution in [2.45, 2.75) is 0 Å². The quantitative estimate of drug-likeness (QED) is 0.634. The van der Waals surface area contributed by atoms with Crippen LogP contribution in [0.25, 0.3) is 22.0 Å². The zero-order chi connectivity index (χ0) is 13.4. The maximum absolute atomic E-state index is 14.3.